The molecule has 0 unspecified atom stereocenters. The summed E-state index contributed by atoms with van der Waals surface area (Å²) in [4.78, 5) is 22.4. The van der Waals surface area contributed by atoms with Crippen LogP contribution in [0.15, 0.2) is 0 Å². The van der Waals surface area contributed by atoms with Gasteiger partial charge in [-0.15, -0.1) is 0 Å². The molecule has 0 spiro atoms. The summed E-state index contributed by atoms with van der Waals surface area (Å²) >= 11 is 5.89. The van der Waals surface area contributed by atoms with Crippen molar-refractivity contribution in [3.63, 3.8) is 0 Å². The van der Waals surface area contributed by atoms with Crippen LogP contribution in [-0.2, 0) is 0 Å². The van der Waals surface area contributed by atoms with E-state index in [2.05, 4.69) is 15.0 Å². The number of halogens is 1. The van der Waals surface area contributed by atoms with Crippen LogP contribution in [0.2, 0.25) is 5.15 Å². The van der Waals surface area contributed by atoms with Gasteiger partial charge in [-0.2, -0.15) is 0 Å². The molecule has 2 aromatic heterocycles. The molecule has 2 rings (SSSR count). The smallest absolute Gasteiger partial charge is 0.339 e. The van der Waals surface area contributed by atoms with Crippen LogP contribution in [-0.4, -0.2) is 26.0 Å². The summed E-state index contributed by atoms with van der Waals surface area (Å²) < 4.78 is 0. The number of carbonyl (C=O) groups is 1. The van der Waals surface area contributed by atoms with Gasteiger partial charge in [-0.1, -0.05) is 25.4 Å². The number of fused-ring (bicyclic) bond motifs is 1. The average Bonchev–Trinajstić information content (AvgIpc) is 2.51. The van der Waals surface area contributed by atoms with E-state index < -0.39 is 5.97 Å². The first-order valence-electron chi connectivity index (χ1n) is 5.20. The van der Waals surface area contributed by atoms with Crippen molar-refractivity contribution >= 4 is 28.6 Å². The van der Waals surface area contributed by atoms with Crippen molar-refractivity contribution in [2.45, 2.75) is 26.7 Å². The molecule has 0 amide bonds. The highest BCUT2D eigenvalue weighted by Gasteiger charge is 2.22. The van der Waals surface area contributed by atoms with E-state index in [4.69, 9.17) is 16.7 Å². The molecule has 0 fully saturated rings. The third kappa shape index (κ3) is 1.86. The second-order valence-electron chi connectivity index (χ2n) is 4.15. The number of aryl methyl sites for hydroxylation is 1. The van der Waals surface area contributed by atoms with E-state index >= 15 is 0 Å². The molecule has 0 aliphatic carbocycles. The summed E-state index contributed by atoms with van der Waals surface area (Å²) in [6.07, 6.45) is 0. The van der Waals surface area contributed by atoms with Crippen LogP contribution in [0.5, 0.6) is 0 Å². The number of aromatic nitrogens is 3. The van der Waals surface area contributed by atoms with E-state index in [-0.39, 0.29) is 16.6 Å². The Morgan fingerprint density at radius 3 is 2.59 bits per heavy atom. The molecule has 17 heavy (non-hydrogen) atoms. The van der Waals surface area contributed by atoms with E-state index in [0.29, 0.717) is 22.6 Å². The topological polar surface area (TPSA) is 78.9 Å². The number of carboxylic acids is 1. The van der Waals surface area contributed by atoms with Crippen LogP contribution >= 0.6 is 11.6 Å². The number of H-pyrrole nitrogens is 1. The lowest BCUT2D eigenvalue weighted by Gasteiger charge is -2.07. The normalized spacial score (nSPS) is 11.4. The van der Waals surface area contributed by atoms with Crippen molar-refractivity contribution < 1.29 is 9.90 Å². The SMILES string of the molecule is Cc1nc(C(C)C)c2c(C(=O)O)c(Cl)[nH]c2n1. The maximum atomic E-state index is 11.2. The molecule has 0 aromatic carbocycles. The highest BCUT2D eigenvalue weighted by atomic mass is 35.5. The Labute approximate surface area is 103 Å². The Morgan fingerprint density at radius 1 is 1.41 bits per heavy atom. The molecular weight excluding hydrogens is 242 g/mol. The molecule has 0 saturated heterocycles. The van der Waals surface area contributed by atoms with Gasteiger partial charge in [-0.05, 0) is 12.8 Å². The number of rotatable bonds is 2. The van der Waals surface area contributed by atoms with Gasteiger partial charge in [0.15, 0.2) is 0 Å². The number of carboxylic acid groups (broad SMARTS) is 1. The van der Waals surface area contributed by atoms with Gasteiger partial charge in [0.05, 0.1) is 11.1 Å². The fourth-order valence-electron chi connectivity index (χ4n) is 1.83. The average molecular weight is 254 g/mol. The van der Waals surface area contributed by atoms with Crippen molar-refractivity contribution in [3.8, 4) is 0 Å². The van der Waals surface area contributed by atoms with Gasteiger partial charge >= 0.3 is 5.97 Å². The molecule has 0 atom stereocenters. The minimum absolute atomic E-state index is 0.0466. The Hall–Kier alpha value is -1.62. The summed E-state index contributed by atoms with van der Waals surface area (Å²) in [6, 6.07) is 0. The van der Waals surface area contributed by atoms with Crippen LogP contribution in [0, 0.1) is 6.92 Å². The number of aromatic carboxylic acids is 1. The van der Waals surface area contributed by atoms with Gasteiger partial charge in [0.25, 0.3) is 0 Å². The zero-order valence-corrected chi connectivity index (χ0v) is 10.5. The zero-order valence-electron chi connectivity index (χ0n) is 9.71. The number of nitrogens with zero attached hydrogens (tertiary/aromatic N) is 2. The molecule has 90 valence electrons. The number of hydrogen-bond donors (Lipinski definition) is 2. The van der Waals surface area contributed by atoms with Gasteiger partial charge in [0.1, 0.15) is 22.2 Å². The predicted octanol–water partition coefficient (Wildman–Crippen LogP) is 2.74. The molecule has 0 saturated carbocycles. The minimum atomic E-state index is -1.07. The molecule has 0 radical (unpaired) electrons. The van der Waals surface area contributed by atoms with Crippen LogP contribution in [0.4, 0.5) is 0 Å². The minimum Gasteiger partial charge on any atom is -0.478 e. The highest BCUT2D eigenvalue weighted by molar-refractivity contribution is 6.34. The number of aromatic amines is 1. The van der Waals surface area contributed by atoms with Gasteiger partial charge in [0.2, 0.25) is 0 Å². The molecular formula is C11H12ClN3O2. The first-order valence-corrected chi connectivity index (χ1v) is 5.58. The lowest BCUT2D eigenvalue weighted by Crippen LogP contribution is -2.03. The van der Waals surface area contributed by atoms with E-state index in [1.165, 1.54) is 0 Å². The second-order valence-corrected chi connectivity index (χ2v) is 4.53. The highest BCUT2D eigenvalue weighted by Crippen LogP contribution is 2.30. The summed E-state index contributed by atoms with van der Waals surface area (Å²) in [5.74, 6) is -0.379. The molecule has 2 heterocycles. The zero-order chi connectivity index (χ0) is 12.7. The predicted molar refractivity (Wildman–Crippen MR) is 64.7 cm³/mol. The second kappa shape index (κ2) is 4.00. The molecule has 0 aliphatic rings. The monoisotopic (exact) mass is 253 g/mol. The fraction of sp³-hybridized carbons (Fsp3) is 0.364. The van der Waals surface area contributed by atoms with Crippen LogP contribution in [0.25, 0.3) is 11.0 Å². The summed E-state index contributed by atoms with van der Waals surface area (Å²) in [6.45, 7) is 5.67. The lowest BCUT2D eigenvalue weighted by molar-refractivity contribution is 0.0699. The molecule has 5 nitrogen and oxygen atoms in total. The standard InChI is InChI=1S/C11H12ClN3O2/c1-4(2)8-6-7(11(16)17)9(12)15-10(6)14-5(3)13-8/h4H,1-3H3,(H,16,17)(H,13,14,15). The Balaban J connectivity index is 2.92. The number of hydrogen-bond acceptors (Lipinski definition) is 3. The molecule has 6 heteroatoms. The van der Waals surface area contributed by atoms with Crippen molar-refractivity contribution in [2.24, 2.45) is 0 Å². The third-order valence-electron chi connectivity index (χ3n) is 2.51. The largest absolute Gasteiger partial charge is 0.478 e. The van der Waals surface area contributed by atoms with Gasteiger partial charge in [-0.3, -0.25) is 0 Å². The lowest BCUT2D eigenvalue weighted by atomic mass is 10.0. The first kappa shape index (κ1) is 11.9. The quantitative estimate of drug-likeness (QED) is 0.863. The molecule has 0 bridgehead atoms. The first-order chi connectivity index (χ1) is 7.91. The Kier molecular flexibility index (Phi) is 2.79. The van der Waals surface area contributed by atoms with E-state index in [0.717, 1.165) is 0 Å². The summed E-state index contributed by atoms with van der Waals surface area (Å²) in [5.41, 5.74) is 1.22. The maximum Gasteiger partial charge on any atom is 0.339 e. The van der Waals surface area contributed by atoms with E-state index in [9.17, 15) is 4.79 Å². The fourth-order valence-corrected chi connectivity index (χ4v) is 2.09. The molecule has 2 aromatic rings. The number of nitrogens with one attached hydrogen (secondary N) is 1. The van der Waals surface area contributed by atoms with Crippen molar-refractivity contribution in [2.75, 3.05) is 0 Å². The van der Waals surface area contributed by atoms with E-state index in [1.54, 1.807) is 6.92 Å². The van der Waals surface area contributed by atoms with Crippen LogP contribution in [0.1, 0.15) is 41.6 Å². The Morgan fingerprint density at radius 2 is 2.06 bits per heavy atom. The van der Waals surface area contributed by atoms with Gasteiger partial charge in [0, 0.05) is 0 Å². The third-order valence-corrected chi connectivity index (χ3v) is 2.79. The van der Waals surface area contributed by atoms with Crippen molar-refractivity contribution in [3.05, 3.63) is 22.2 Å². The van der Waals surface area contributed by atoms with Gasteiger partial charge in [-0.25, -0.2) is 14.8 Å². The van der Waals surface area contributed by atoms with Gasteiger partial charge < -0.3 is 10.1 Å². The van der Waals surface area contributed by atoms with Crippen LogP contribution < -0.4 is 0 Å². The summed E-state index contributed by atoms with van der Waals surface area (Å²) in [7, 11) is 0. The van der Waals surface area contributed by atoms with Crippen molar-refractivity contribution in [1.82, 2.24) is 15.0 Å². The molecule has 0 aliphatic heterocycles. The summed E-state index contributed by atoms with van der Waals surface area (Å²) in [5, 5.41) is 9.76. The maximum absolute atomic E-state index is 11.2. The van der Waals surface area contributed by atoms with E-state index in [1.807, 2.05) is 13.8 Å². The van der Waals surface area contributed by atoms with Crippen molar-refractivity contribution in [1.29, 1.82) is 0 Å². The van der Waals surface area contributed by atoms with Crippen LogP contribution in [0.3, 0.4) is 0 Å². The molecule has 2 N–H and O–H groups in total. The Bertz CT molecular complexity index is 604.